The number of anilines is 1. The fourth-order valence-corrected chi connectivity index (χ4v) is 4.09. The number of aromatic carboxylic acids is 1. The zero-order chi connectivity index (χ0) is 13.1. The summed E-state index contributed by atoms with van der Waals surface area (Å²) in [7, 11) is 0. The monoisotopic (exact) mass is 286 g/mol. The molecule has 1 aromatic heterocycles. The molecule has 1 fully saturated rings. The molecule has 0 spiro atoms. The van der Waals surface area contributed by atoms with E-state index in [0.29, 0.717) is 27.6 Å². The van der Waals surface area contributed by atoms with Gasteiger partial charge in [-0.05, 0) is 44.0 Å². The van der Waals surface area contributed by atoms with Crippen LogP contribution in [0.1, 0.15) is 41.7 Å². The molecule has 18 heavy (non-hydrogen) atoms. The number of aryl methyl sites for hydroxylation is 1. The lowest BCUT2D eigenvalue weighted by Gasteiger charge is -2.28. The third kappa shape index (κ3) is 2.98. The third-order valence-corrected chi connectivity index (χ3v) is 5.34. The predicted molar refractivity (Wildman–Crippen MR) is 77.0 cm³/mol. The van der Waals surface area contributed by atoms with Crippen LogP contribution >= 0.6 is 23.3 Å². The van der Waals surface area contributed by atoms with Gasteiger partial charge in [-0.3, -0.25) is 0 Å². The second kappa shape index (κ2) is 5.93. The van der Waals surface area contributed by atoms with E-state index >= 15 is 0 Å². The van der Waals surface area contributed by atoms with Crippen LogP contribution < -0.4 is 5.32 Å². The molecule has 0 aromatic carbocycles. The molecule has 2 N–H and O–H groups in total. The smallest absolute Gasteiger partial charge is 0.340 e. The number of hydrogen-bond acceptors (Lipinski definition) is 5. The van der Waals surface area contributed by atoms with Gasteiger partial charge >= 0.3 is 5.97 Å². The van der Waals surface area contributed by atoms with Gasteiger partial charge in [-0.25, -0.2) is 4.79 Å². The number of carbonyl (C=O) groups is 1. The van der Waals surface area contributed by atoms with Crippen LogP contribution in [-0.2, 0) is 0 Å². The van der Waals surface area contributed by atoms with Crippen molar-refractivity contribution in [3.05, 3.63) is 11.3 Å². The first-order chi connectivity index (χ1) is 8.61. The van der Waals surface area contributed by atoms with Gasteiger partial charge in [-0.1, -0.05) is 6.42 Å². The van der Waals surface area contributed by atoms with Crippen molar-refractivity contribution in [3.63, 3.8) is 0 Å². The molecule has 4 nitrogen and oxygen atoms in total. The molecule has 0 aliphatic heterocycles. The number of nitrogens with one attached hydrogen (secondary N) is 1. The minimum atomic E-state index is -0.888. The molecule has 2 unspecified atom stereocenters. The van der Waals surface area contributed by atoms with Gasteiger partial charge in [-0.2, -0.15) is 16.1 Å². The Morgan fingerprint density at radius 1 is 1.56 bits per heavy atom. The molecule has 0 saturated heterocycles. The van der Waals surface area contributed by atoms with E-state index in [4.69, 9.17) is 0 Å². The number of carboxylic acid groups (broad SMARTS) is 1. The van der Waals surface area contributed by atoms with Crippen molar-refractivity contribution in [2.45, 2.75) is 43.9 Å². The SMILES string of the molecule is CSC1CCCC(Nc2snc(C)c2C(=O)O)C1. The van der Waals surface area contributed by atoms with Crippen LogP contribution in [0.5, 0.6) is 0 Å². The zero-order valence-electron chi connectivity index (χ0n) is 10.6. The van der Waals surface area contributed by atoms with E-state index in [1.165, 1.54) is 24.4 Å². The molecule has 6 heteroatoms. The van der Waals surface area contributed by atoms with Crippen LogP contribution in [0.2, 0.25) is 0 Å². The third-order valence-electron chi connectivity index (χ3n) is 3.37. The molecule has 1 aliphatic carbocycles. The summed E-state index contributed by atoms with van der Waals surface area (Å²) in [5, 5.41) is 14.0. The van der Waals surface area contributed by atoms with Crippen molar-refractivity contribution in [2.24, 2.45) is 0 Å². The highest BCUT2D eigenvalue weighted by molar-refractivity contribution is 7.99. The van der Waals surface area contributed by atoms with Gasteiger partial charge in [0.25, 0.3) is 0 Å². The van der Waals surface area contributed by atoms with E-state index < -0.39 is 5.97 Å². The van der Waals surface area contributed by atoms with E-state index in [2.05, 4.69) is 15.9 Å². The molecule has 1 aromatic rings. The van der Waals surface area contributed by atoms with Crippen LogP contribution in [0.15, 0.2) is 0 Å². The van der Waals surface area contributed by atoms with Crippen molar-refractivity contribution in [2.75, 3.05) is 11.6 Å². The second-order valence-electron chi connectivity index (χ2n) is 4.64. The lowest BCUT2D eigenvalue weighted by molar-refractivity contribution is 0.0697. The normalized spacial score (nSPS) is 23.9. The molecule has 1 heterocycles. The Balaban J connectivity index is 2.07. The van der Waals surface area contributed by atoms with Crippen molar-refractivity contribution in [1.82, 2.24) is 4.37 Å². The first-order valence-electron chi connectivity index (χ1n) is 6.10. The maximum Gasteiger partial charge on any atom is 0.340 e. The summed E-state index contributed by atoms with van der Waals surface area (Å²) in [5.74, 6) is -0.888. The summed E-state index contributed by atoms with van der Waals surface area (Å²) in [4.78, 5) is 11.2. The van der Waals surface area contributed by atoms with E-state index in [1.807, 2.05) is 11.8 Å². The van der Waals surface area contributed by atoms with E-state index in [0.717, 1.165) is 12.8 Å². The summed E-state index contributed by atoms with van der Waals surface area (Å²) >= 11 is 3.17. The predicted octanol–water partition coefficient (Wildman–Crippen LogP) is 3.24. The lowest BCUT2D eigenvalue weighted by atomic mass is 9.95. The standard InChI is InChI=1S/C12H18N2O2S2/c1-7-10(12(15)16)11(18-14-7)13-8-4-3-5-9(6-8)17-2/h8-9,13H,3-6H2,1-2H3,(H,15,16). The first-order valence-corrected chi connectivity index (χ1v) is 8.16. The summed E-state index contributed by atoms with van der Waals surface area (Å²) < 4.78 is 4.14. The van der Waals surface area contributed by atoms with Crippen LogP contribution in [0.4, 0.5) is 5.00 Å². The minimum Gasteiger partial charge on any atom is -0.478 e. The molecule has 100 valence electrons. The van der Waals surface area contributed by atoms with Crippen LogP contribution in [0.25, 0.3) is 0 Å². The summed E-state index contributed by atoms with van der Waals surface area (Å²) in [6, 6.07) is 0.383. The lowest BCUT2D eigenvalue weighted by Crippen LogP contribution is -2.28. The number of thioether (sulfide) groups is 1. The van der Waals surface area contributed by atoms with Gasteiger partial charge in [0, 0.05) is 11.3 Å². The van der Waals surface area contributed by atoms with E-state index in [9.17, 15) is 9.90 Å². The van der Waals surface area contributed by atoms with E-state index in [1.54, 1.807) is 6.92 Å². The molecular formula is C12H18N2O2S2. The number of carboxylic acids is 1. The summed E-state index contributed by atoms with van der Waals surface area (Å²) in [6.07, 6.45) is 6.85. The van der Waals surface area contributed by atoms with Crippen LogP contribution in [0, 0.1) is 6.92 Å². The van der Waals surface area contributed by atoms with Crippen LogP contribution in [0.3, 0.4) is 0 Å². The van der Waals surface area contributed by atoms with Gasteiger partial charge in [-0.15, -0.1) is 0 Å². The Bertz CT molecular complexity index is 434. The van der Waals surface area contributed by atoms with Gasteiger partial charge in [0.2, 0.25) is 0 Å². The maximum atomic E-state index is 11.2. The van der Waals surface area contributed by atoms with E-state index in [-0.39, 0.29) is 0 Å². The van der Waals surface area contributed by atoms with Gasteiger partial charge in [0.1, 0.15) is 10.6 Å². The zero-order valence-corrected chi connectivity index (χ0v) is 12.2. The van der Waals surface area contributed by atoms with Crippen molar-refractivity contribution in [3.8, 4) is 0 Å². The quantitative estimate of drug-likeness (QED) is 0.889. The van der Waals surface area contributed by atoms with Crippen molar-refractivity contribution >= 4 is 34.3 Å². The maximum absolute atomic E-state index is 11.2. The fourth-order valence-electron chi connectivity index (χ4n) is 2.40. The summed E-state index contributed by atoms with van der Waals surface area (Å²) in [5.41, 5.74) is 0.943. The molecule has 0 bridgehead atoms. The molecule has 1 saturated carbocycles. The van der Waals surface area contributed by atoms with Gasteiger partial charge < -0.3 is 10.4 Å². The van der Waals surface area contributed by atoms with Gasteiger partial charge in [0.05, 0.1) is 5.69 Å². The fraction of sp³-hybridized carbons (Fsp3) is 0.667. The molecule has 0 amide bonds. The largest absolute Gasteiger partial charge is 0.478 e. The Morgan fingerprint density at radius 3 is 3.00 bits per heavy atom. The molecule has 2 rings (SSSR count). The van der Waals surface area contributed by atoms with Crippen molar-refractivity contribution < 1.29 is 9.90 Å². The Kier molecular flexibility index (Phi) is 4.50. The first kappa shape index (κ1) is 13.7. The summed E-state index contributed by atoms with van der Waals surface area (Å²) in [6.45, 7) is 1.75. The highest BCUT2D eigenvalue weighted by atomic mass is 32.2. The highest BCUT2D eigenvalue weighted by Gasteiger charge is 2.24. The Hall–Kier alpha value is -0.750. The average Bonchev–Trinajstić information content (AvgIpc) is 2.70. The number of rotatable bonds is 4. The molecular weight excluding hydrogens is 268 g/mol. The number of nitrogens with zero attached hydrogens (tertiary/aromatic N) is 1. The average molecular weight is 286 g/mol. The molecule has 0 radical (unpaired) electrons. The van der Waals surface area contributed by atoms with Crippen LogP contribution in [-0.4, -0.2) is 33.0 Å². The topological polar surface area (TPSA) is 62.2 Å². The Morgan fingerprint density at radius 2 is 2.33 bits per heavy atom. The number of aromatic nitrogens is 1. The second-order valence-corrected chi connectivity index (χ2v) is 6.55. The molecule has 1 aliphatic rings. The minimum absolute atomic E-state index is 0.339. The molecule has 2 atom stereocenters. The highest BCUT2D eigenvalue weighted by Crippen LogP contribution is 2.31. The van der Waals surface area contributed by atoms with Crippen molar-refractivity contribution in [1.29, 1.82) is 0 Å². The number of hydrogen-bond donors (Lipinski definition) is 2. The Labute approximate surface area is 115 Å². The van der Waals surface area contributed by atoms with Gasteiger partial charge in [0.15, 0.2) is 0 Å².